The standard InChI is InChI=1S/C22H41N/c1-4-7-10-13-16-20-19-21(17-14-11-8-5-2)23-22(20)18-15-12-9-6-3/h19,23H,4-18H2,1-3H3. The van der Waals surface area contributed by atoms with Gasteiger partial charge in [-0.25, -0.2) is 0 Å². The summed E-state index contributed by atoms with van der Waals surface area (Å²) in [6.07, 6.45) is 20.2. The van der Waals surface area contributed by atoms with E-state index in [-0.39, 0.29) is 0 Å². The summed E-state index contributed by atoms with van der Waals surface area (Å²) in [5.41, 5.74) is 4.68. The molecular formula is C22H41N. The number of nitrogens with one attached hydrogen (secondary N) is 1. The molecule has 1 aromatic rings. The van der Waals surface area contributed by atoms with Gasteiger partial charge in [0.2, 0.25) is 0 Å². The van der Waals surface area contributed by atoms with Gasteiger partial charge in [0, 0.05) is 11.4 Å². The van der Waals surface area contributed by atoms with Crippen LogP contribution < -0.4 is 0 Å². The molecule has 23 heavy (non-hydrogen) atoms. The molecule has 0 aliphatic rings. The Bertz CT molecular complexity index is 348. The van der Waals surface area contributed by atoms with Crippen molar-refractivity contribution in [3.05, 3.63) is 23.0 Å². The Morgan fingerprint density at radius 3 is 1.70 bits per heavy atom. The summed E-state index contributed by atoms with van der Waals surface area (Å²) in [6.45, 7) is 6.88. The number of aryl methyl sites for hydroxylation is 3. The van der Waals surface area contributed by atoms with Crippen LogP contribution in [0.5, 0.6) is 0 Å². The van der Waals surface area contributed by atoms with Crippen LogP contribution >= 0.6 is 0 Å². The van der Waals surface area contributed by atoms with Gasteiger partial charge in [0.1, 0.15) is 0 Å². The molecule has 1 rings (SSSR count). The molecule has 0 atom stereocenters. The second-order valence-corrected chi connectivity index (χ2v) is 7.23. The maximum atomic E-state index is 3.78. The summed E-state index contributed by atoms with van der Waals surface area (Å²) >= 11 is 0. The Kier molecular flexibility index (Phi) is 12.1. The lowest BCUT2D eigenvalue weighted by Crippen LogP contribution is -1.94. The lowest BCUT2D eigenvalue weighted by atomic mass is 10.0. The van der Waals surface area contributed by atoms with E-state index in [1.165, 1.54) is 102 Å². The second kappa shape index (κ2) is 13.7. The Morgan fingerprint density at radius 1 is 0.609 bits per heavy atom. The van der Waals surface area contributed by atoms with E-state index >= 15 is 0 Å². The predicted octanol–water partition coefficient (Wildman–Crippen LogP) is 7.38. The molecule has 0 unspecified atom stereocenters. The highest BCUT2D eigenvalue weighted by atomic mass is 14.7. The maximum absolute atomic E-state index is 3.78. The predicted molar refractivity (Wildman–Crippen MR) is 104 cm³/mol. The van der Waals surface area contributed by atoms with Crippen LogP contribution in [0.15, 0.2) is 6.07 Å². The van der Waals surface area contributed by atoms with Crippen molar-refractivity contribution < 1.29 is 0 Å². The smallest absolute Gasteiger partial charge is 0.0181 e. The fourth-order valence-corrected chi connectivity index (χ4v) is 3.40. The first-order valence-electron chi connectivity index (χ1n) is 10.5. The third kappa shape index (κ3) is 9.23. The molecular weight excluding hydrogens is 278 g/mol. The molecule has 0 aliphatic carbocycles. The number of hydrogen-bond donors (Lipinski definition) is 1. The molecule has 0 amide bonds. The first-order valence-corrected chi connectivity index (χ1v) is 10.5. The van der Waals surface area contributed by atoms with E-state index in [1.807, 2.05) is 0 Å². The summed E-state index contributed by atoms with van der Waals surface area (Å²) in [5.74, 6) is 0. The first-order chi connectivity index (χ1) is 11.3. The van der Waals surface area contributed by atoms with Gasteiger partial charge in [-0.1, -0.05) is 78.6 Å². The van der Waals surface area contributed by atoms with Gasteiger partial charge >= 0.3 is 0 Å². The lowest BCUT2D eigenvalue weighted by molar-refractivity contribution is 0.645. The van der Waals surface area contributed by atoms with Gasteiger partial charge in [0.25, 0.3) is 0 Å². The Labute approximate surface area is 145 Å². The zero-order valence-electron chi connectivity index (χ0n) is 16.2. The van der Waals surface area contributed by atoms with E-state index in [9.17, 15) is 0 Å². The highest BCUT2D eigenvalue weighted by Gasteiger charge is 2.08. The van der Waals surface area contributed by atoms with Gasteiger partial charge in [0.05, 0.1) is 0 Å². The number of aromatic amines is 1. The van der Waals surface area contributed by atoms with Gasteiger partial charge in [-0.2, -0.15) is 0 Å². The molecule has 134 valence electrons. The molecule has 1 nitrogen and oxygen atoms in total. The van der Waals surface area contributed by atoms with Crippen LogP contribution in [0.2, 0.25) is 0 Å². The normalized spacial score (nSPS) is 11.3. The second-order valence-electron chi connectivity index (χ2n) is 7.23. The molecule has 0 bridgehead atoms. The monoisotopic (exact) mass is 319 g/mol. The Hall–Kier alpha value is -0.720. The highest BCUT2D eigenvalue weighted by Crippen LogP contribution is 2.19. The Morgan fingerprint density at radius 2 is 1.13 bits per heavy atom. The van der Waals surface area contributed by atoms with Crippen LogP contribution in [0.1, 0.15) is 115 Å². The molecule has 1 heteroatoms. The van der Waals surface area contributed by atoms with Crippen molar-refractivity contribution in [2.45, 2.75) is 117 Å². The van der Waals surface area contributed by atoms with E-state index in [4.69, 9.17) is 0 Å². The molecule has 0 saturated heterocycles. The van der Waals surface area contributed by atoms with Crippen molar-refractivity contribution >= 4 is 0 Å². The average molecular weight is 320 g/mol. The van der Waals surface area contributed by atoms with Gasteiger partial charge in [-0.05, 0) is 50.2 Å². The zero-order chi connectivity index (χ0) is 16.8. The van der Waals surface area contributed by atoms with Gasteiger partial charge in [-0.3, -0.25) is 0 Å². The topological polar surface area (TPSA) is 15.8 Å². The molecule has 0 spiro atoms. The van der Waals surface area contributed by atoms with Crippen molar-refractivity contribution in [1.82, 2.24) is 4.98 Å². The van der Waals surface area contributed by atoms with Crippen LogP contribution in [0.3, 0.4) is 0 Å². The molecule has 0 aromatic carbocycles. The van der Waals surface area contributed by atoms with Crippen molar-refractivity contribution in [2.75, 3.05) is 0 Å². The van der Waals surface area contributed by atoms with Gasteiger partial charge in [0.15, 0.2) is 0 Å². The number of rotatable bonds is 15. The highest BCUT2D eigenvalue weighted by molar-refractivity contribution is 5.26. The average Bonchev–Trinajstić information content (AvgIpc) is 2.94. The van der Waals surface area contributed by atoms with E-state index < -0.39 is 0 Å². The number of unbranched alkanes of at least 4 members (excludes halogenated alkanes) is 9. The van der Waals surface area contributed by atoms with E-state index in [1.54, 1.807) is 11.3 Å². The van der Waals surface area contributed by atoms with Crippen molar-refractivity contribution in [2.24, 2.45) is 0 Å². The fourth-order valence-electron chi connectivity index (χ4n) is 3.40. The third-order valence-electron chi connectivity index (χ3n) is 4.93. The quantitative estimate of drug-likeness (QED) is 0.324. The largest absolute Gasteiger partial charge is 0.362 e. The SMILES string of the molecule is CCCCCCc1cc(CCCCCC)c(CCCCCC)[nH]1. The summed E-state index contributed by atoms with van der Waals surface area (Å²) in [7, 11) is 0. The van der Waals surface area contributed by atoms with Gasteiger partial charge < -0.3 is 4.98 Å². The van der Waals surface area contributed by atoms with Crippen molar-refractivity contribution in [3.8, 4) is 0 Å². The molecule has 0 saturated carbocycles. The molecule has 1 aromatic heterocycles. The van der Waals surface area contributed by atoms with Crippen LogP contribution in [0, 0.1) is 0 Å². The third-order valence-corrected chi connectivity index (χ3v) is 4.93. The van der Waals surface area contributed by atoms with Gasteiger partial charge in [-0.15, -0.1) is 0 Å². The molecule has 1 N–H and O–H groups in total. The fraction of sp³-hybridized carbons (Fsp3) is 0.818. The van der Waals surface area contributed by atoms with Crippen LogP contribution in [-0.2, 0) is 19.3 Å². The molecule has 0 radical (unpaired) electrons. The number of aromatic nitrogens is 1. The van der Waals surface area contributed by atoms with E-state index in [0.717, 1.165) is 0 Å². The lowest BCUT2D eigenvalue weighted by Gasteiger charge is -2.04. The Balaban J connectivity index is 2.49. The first kappa shape index (κ1) is 20.3. The van der Waals surface area contributed by atoms with Crippen molar-refractivity contribution in [3.63, 3.8) is 0 Å². The molecule has 0 aliphatic heterocycles. The summed E-state index contributed by atoms with van der Waals surface area (Å²) in [4.78, 5) is 3.78. The minimum absolute atomic E-state index is 1.25. The molecule has 0 fully saturated rings. The van der Waals surface area contributed by atoms with Crippen molar-refractivity contribution in [1.29, 1.82) is 0 Å². The van der Waals surface area contributed by atoms with E-state index in [0.29, 0.717) is 0 Å². The van der Waals surface area contributed by atoms with Crippen LogP contribution in [-0.4, -0.2) is 4.98 Å². The minimum Gasteiger partial charge on any atom is -0.362 e. The number of hydrogen-bond acceptors (Lipinski definition) is 0. The summed E-state index contributed by atoms with van der Waals surface area (Å²) in [6, 6.07) is 2.49. The molecule has 1 heterocycles. The summed E-state index contributed by atoms with van der Waals surface area (Å²) < 4.78 is 0. The zero-order valence-corrected chi connectivity index (χ0v) is 16.2. The number of H-pyrrole nitrogens is 1. The maximum Gasteiger partial charge on any atom is 0.0181 e. The van der Waals surface area contributed by atoms with Crippen LogP contribution in [0.4, 0.5) is 0 Å². The van der Waals surface area contributed by atoms with Crippen LogP contribution in [0.25, 0.3) is 0 Å². The minimum atomic E-state index is 1.25. The van der Waals surface area contributed by atoms with E-state index in [2.05, 4.69) is 31.8 Å². The summed E-state index contributed by atoms with van der Waals surface area (Å²) in [5, 5.41) is 0.